The van der Waals surface area contributed by atoms with Crippen molar-refractivity contribution in [3.05, 3.63) is 58.9 Å². The van der Waals surface area contributed by atoms with Crippen molar-refractivity contribution < 1.29 is 0 Å². The summed E-state index contributed by atoms with van der Waals surface area (Å²) in [5.41, 5.74) is 3.38. The Labute approximate surface area is 125 Å². The Morgan fingerprint density at radius 1 is 1.20 bits per heavy atom. The number of pyridine rings is 1. The van der Waals surface area contributed by atoms with Crippen LogP contribution in [0.5, 0.6) is 0 Å². The van der Waals surface area contributed by atoms with Crippen molar-refractivity contribution in [1.82, 2.24) is 10.3 Å². The fraction of sp³-hybridized carbons (Fsp3) is 0.312. The maximum Gasteiger partial charge on any atom is 0.0571 e. The van der Waals surface area contributed by atoms with Crippen LogP contribution in [0.15, 0.2) is 42.6 Å². The highest BCUT2D eigenvalue weighted by Gasteiger charge is 2.06. The molecule has 3 nitrogen and oxygen atoms in total. The lowest BCUT2D eigenvalue weighted by Crippen LogP contribution is -2.18. The molecule has 20 heavy (non-hydrogen) atoms. The molecule has 1 aromatic carbocycles. The van der Waals surface area contributed by atoms with Crippen molar-refractivity contribution in [2.75, 3.05) is 19.0 Å². The fourth-order valence-electron chi connectivity index (χ4n) is 1.98. The van der Waals surface area contributed by atoms with Crippen LogP contribution < -0.4 is 10.2 Å². The van der Waals surface area contributed by atoms with E-state index in [4.69, 9.17) is 11.6 Å². The number of nitrogens with zero attached hydrogens (tertiary/aromatic N) is 2. The lowest BCUT2D eigenvalue weighted by atomic mass is 10.2. The molecule has 0 fully saturated rings. The first-order valence-electron chi connectivity index (χ1n) is 6.69. The van der Waals surface area contributed by atoms with Gasteiger partial charge < -0.3 is 10.2 Å². The molecule has 2 aromatic rings. The average Bonchev–Trinajstić information content (AvgIpc) is 2.49. The minimum atomic E-state index is 0.269. The van der Waals surface area contributed by atoms with Gasteiger partial charge in [-0.15, -0.1) is 0 Å². The number of benzene rings is 1. The molecule has 0 spiro atoms. The monoisotopic (exact) mass is 289 g/mol. The standard InChI is InChI=1S/C16H20ClN3/c1-12(18-2)16-9-8-15(10-19-16)20(3)11-13-4-6-14(17)7-5-13/h4-10,12,18H,11H2,1-3H3. The molecule has 0 aliphatic rings. The first-order valence-corrected chi connectivity index (χ1v) is 7.06. The molecule has 0 bridgehead atoms. The highest BCUT2D eigenvalue weighted by molar-refractivity contribution is 6.30. The zero-order valence-corrected chi connectivity index (χ0v) is 12.9. The van der Waals surface area contributed by atoms with Gasteiger partial charge in [-0.1, -0.05) is 23.7 Å². The number of rotatable bonds is 5. The largest absolute Gasteiger partial charge is 0.369 e. The van der Waals surface area contributed by atoms with E-state index in [0.717, 1.165) is 22.9 Å². The highest BCUT2D eigenvalue weighted by Crippen LogP contribution is 2.18. The maximum absolute atomic E-state index is 5.90. The van der Waals surface area contributed by atoms with Gasteiger partial charge in [-0.2, -0.15) is 0 Å². The second kappa shape index (κ2) is 6.73. The Morgan fingerprint density at radius 3 is 2.45 bits per heavy atom. The summed E-state index contributed by atoms with van der Waals surface area (Å²) < 4.78 is 0. The fourth-order valence-corrected chi connectivity index (χ4v) is 2.11. The highest BCUT2D eigenvalue weighted by atomic mass is 35.5. The van der Waals surface area contributed by atoms with Gasteiger partial charge in [-0.3, -0.25) is 4.98 Å². The molecule has 0 saturated heterocycles. The van der Waals surface area contributed by atoms with Crippen LogP contribution in [0.1, 0.15) is 24.2 Å². The summed E-state index contributed by atoms with van der Waals surface area (Å²) in [6, 6.07) is 12.4. The van der Waals surface area contributed by atoms with Crippen LogP contribution in [0.25, 0.3) is 0 Å². The van der Waals surface area contributed by atoms with Gasteiger partial charge in [0.2, 0.25) is 0 Å². The van der Waals surface area contributed by atoms with Crippen molar-refractivity contribution in [2.24, 2.45) is 0 Å². The Morgan fingerprint density at radius 2 is 1.90 bits per heavy atom. The second-order valence-corrected chi connectivity index (χ2v) is 5.37. The lowest BCUT2D eigenvalue weighted by molar-refractivity contribution is 0.632. The van der Waals surface area contributed by atoms with Gasteiger partial charge in [0.05, 0.1) is 17.6 Å². The van der Waals surface area contributed by atoms with E-state index in [1.54, 1.807) is 0 Å². The normalized spacial score (nSPS) is 12.2. The summed E-state index contributed by atoms with van der Waals surface area (Å²) >= 11 is 5.90. The van der Waals surface area contributed by atoms with E-state index in [1.165, 1.54) is 5.56 Å². The maximum atomic E-state index is 5.90. The minimum absolute atomic E-state index is 0.269. The summed E-state index contributed by atoms with van der Waals surface area (Å²) in [5, 5.41) is 3.95. The van der Waals surface area contributed by atoms with Crippen LogP contribution in [0, 0.1) is 0 Å². The van der Waals surface area contributed by atoms with Crippen molar-refractivity contribution in [2.45, 2.75) is 19.5 Å². The van der Waals surface area contributed by atoms with Crippen molar-refractivity contribution in [3.63, 3.8) is 0 Å². The molecule has 1 atom stereocenters. The summed E-state index contributed by atoms with van der Waals surface area (Å²) in [5.74, 6) is 0. The van der Waals surface area contributed by atoms with Gasteiger partial charge in [0.25, 0.3) is 0 Å². The van der Waals surface area contributed by atoms with Crippen LogP contribution in [-0.2, 0) is 6.54 Å². The second-order valence-electron chi connectivity index (χ2n) is 4.93. The smallest absolute Gasteiger partial charge is 0.0571 e. The van der Waals surface area contributed by atoms with Crippen molar-refractivity contribution in [3.8, 4) is 0 Å². The summed E-state index contributed by atoms with van der Waals surface area (Å²) in [6.45, 7) is 2.93. The Hall–Kier alpha value is -1.58. The van der Waals surface area contributed by atoms with Crippen LogP contribution in [-0.4, -0.2) is 19.1 Å². The molecule has 1 heterocycles. The summed E-state index contributed by atoms with van der Waals surface area (Å²) in [6.07, 6.45) is 1.92. The third kappa shape index (κ3) is 3.71. The number of halogens is 1. The Bertz CT molecular complexity index is 537. The third-order valence-corrected chi connectivity index (χ3v) is 3.67. The molecule has 4 heteroatoms. The molecule has 2 rings (SSSR count). The van der Waals surface area contributed by atoms with Gasteiger partial charge in [0, 0.05) is 24.7 Å². The van der Waals surface area contributed by atoms with E-state index in [1.807, 2.05) is 37.5 Å². The Balaban J connectivity index is 2.05. The molecule has 106 valence electrons. The lowest BCUT2D eigenvalue weighted by Gasteiger charge is -2.20. The number of nitrogens with one attached hydrogen (secondary N) is 1. The zero-order valence-electron chi connectivity index (χ0n) is 12.1. The van der Waals surface area contributed by atoms with E-state index < -0.39 is 0 Å². The molecular weight excluding hydrogens is 270 g/mol. The molecule has 0 radical (unpaired) electrons. The van der Waals surface area contributed by atoms with Gasteiger partial charge >= 0.3 is 0 Å². The van der Waals surface area contributed by atoms with E-state index in [0.29, 0.717) is 0 Å². The molecule has 1 aromatic heterocycles. The van der Waals surface area contributed by atoms with E-state index in [-0.39, 0.29) is 6.04 Å². The minimum Gasteiger partial charge on any atom is -0.369 e. The SMILES string of the molecule is CNC(C)c1ccc(N(C)Cc2ccc(Cl)cc2)cn1. The zero-order chi connectivity index (χ0) is 14.5. The molecule has 0 amide bonds. The predicted octanol–water partition coefficient (Wildman–Crippen LogP) is 3.65. The van der Waals surface area contributed by atoms with Crippen LogP contribution >= 0.6 is 11.6 Å². The average molecular weight is 290 g/mol. The van der Waals surface area contributed by atoms with Crippen LogP contribution in [0.4, 0.5) is 5.69 Å². The van der Waals surface area contributed by atoms with Crippen LogP contribution in [0.3, 0.4) is 0 Å². The quantitative estimate of drug-likeness (QED) is 0.911. The van der Waals surface area contributed by atoms with Crippen molar-refractivity contribution >= 4 is 17.3 Å². The molecule has 0 saturated carbocycles. The van der Waals surface area contributed by atoms with Gasteiger partial charge in [0.1, 0.15) is 0 Å². The summed E-state index contributed by atoms with van der Waals surface area (Å²) in [7, 11) is 4.00. The number of hydrogen-bond acceptors (Lipinski definition) is 3. The Kier molecular flexibility index (Phi) is 4.99. The first-order chi connectivity index (χ1) is 9.60. The molecule has 0 aliphatic carbocycles. The van der Waals surface area contributed by atoms with E-state index in [9.17, 15) is 0 Å². The van der Waals surface area contributed by atoms with Gasteiger partial charge in [-0.05, 0) is 43.8 Å². The molecule has 1 unspecified atom stereocenters. The number of aromatic nitrogens is 1. The van der Waals surface area contributed by atoms with Crippen LogP contribution in [0.2, 0.25) is 5.02 Å². The molecular formula is C16H20ClN3. The summed E-state index contributed by atoms with van der Waals surface area (Å²) in [4.78, 5) is 6.67. The third-order valence-electron chi connectivity index (χ3n) is 3.42. The first kappa shape index (κ1) is 14.8. The molecule has 1 N–H and O–H groups in total. The predicted molar refractivity (Wildman–Crippen MR) is 85.3 cm³/mol. The number of hydrogen-bond donors (Lipinski definition) is 1. The molecule has 0 aliphatic heterocycles. The topological polar surface area (TPSA) is 28.2 Å². The van der Waals surface area contributed by atoms with Gasteiger partial charge in [0.15, 0.2) is 0 Å². The van der Waals surface area contributed by atoms with Crippen molar-refractivity contribution in [1.29, 1.82) is 0 Å². The van der Waals surface area contributed by atoms with Gasteiger partial charge in [-0.25, -0.2) is 0 Å². The number of anilines is 1. The van der Waals surface area contributed by atoms with E-state index in [2.05, 4.69) is 41.3 Å². The van der Waals surface area contributed by atoms with E-state index >= 15 is 0 Å².